The fraction of sp³-hybridized carbons (Fsp3) is 0.571. The van der Waals surface area contributed by atoms with Crippen LogP contribution in [0.4, 0.5) is 8.78 Å². The van der Waals surface area contributed by atoms with Crippen molar-refractivity contribution >= 4 is 11.4 Å². The Kier molecular flexibility index (Phi) is 4.69. The second kappa shape index (κ2) is 5.97. The Hall–Kier alpha value is -0.690. The maximum atomic E-state index is 13.9. The number of epoxide rings is 1. The Morgan fingerprint density at radius 1 is 1.45 bits per heavy atom. The predicted octanol–water partition coefficient (Wildman–Crippen LogP) is 2.85. The molecule has 1 fully saturated rings. The van der Waals surface area contributed by atoms with Gasteiger partial charge in [-0.3, -0.25) is 0 Å². The van der Waals surface area contributed by atoms with Crippen LogP contribution in [-0.4, -0.2) is 22.0 Å². The molecule has 1 saturated heterocycles. The molecule has 0 bridgehead atoms. The zero-order valence-corrected chi connectivity index (χ0v) is 12.6. The second-order valence-electron chi connectivity index (χ2n) is 5.91. The first-order valence-electron chi connectivity index (χ1n) is 6.52. The number of nitrogens with one attached hydrogen (secondary N) is 1. The van der Waals surface area contributed by atoms with Crippen LogP contribution in [0.5, 0.6) is 0 Å². The van der Waals surface area contributed by atoms with Crippen LogP contribution < -0.4 is 4.72 Å². The van der Waals surface area contributed by atoms with Crippen molar-refractivity contribution in [3.63, 3.8) is 0 Å². The summed E-state index contributed by atoms with van der Waals surface area (Å²) in [6.45, 7) is 6.07. The Morgan fingerprint density at radius 3 is 2.65 bits per heavy atom. The lowest BCUT2D eigenvalue weighted by Gasteiger charge is -2.28. The molecule has 0 aliphatic carbocycles. The standard InChI is InChI=1S/C14H19F2NO2S/c1-14(2,3)20(18)17-13(7-10-8-19-10)11-6-9(15)4-5-12(11)16/h4-6,10,13,17H,7-8H2,1-3H3/t10?,13-,20-/m0/s1. The van der Waals surface area contributed by atoms with Crippen molar-refractivity contribution in [2.75, 3.05) is 6.61 Å². The third-order valence-electron chi connectivity index (χ3n) is 3.04. The van der Waals surface area contributed by atoms with Gasteiger partial charge in [0.05, 0.1) is 18.8 Å². The van der Waals surface area contributed by atoms with E-state index in [0.29, 0.717) is 13.0 Å². The Bertz CT molecular complexity index is 475. The minimum absolute atomic E-state index is 0.0205. The van der Waals surface area contributed by atoms with Crippen LogP contribution in [0, 0.1) is 11.6 Å². The van der Waals surface area contributed by atoms with Gasteiger partial charge in [-0.2, -0.15) is 0 Å². The molecule has 1 aliphatic rings. The zero-order chi connectivity index (χ0) is 14.9. The second-order valence-corrected chi connectivity index (χ2v) is 7.91. The summed E-state index contributed by atoms with van der Waals surface area (Å²) in [4.78, 5) is 0. The van der Waals surface area contributed by atoms with Crippen molar-refractivity contribution in [2.45, 2.75) is 44.1 Å². The van der Waals surface area contributed by atoms with Crippen LogP contribution in [-0.2, 0) is 16.1 Å². The van der Waals surface area contributed by atoms with Crippen molar-refractivity contribution in [1.82, 2.24) is 4.72 Å². The van der Waals surface area contributed by atoms with E-state index in [9.17, 15) is 13.3 Å². The average molecular weight is 303 g/mol. The van der Waals surface area contributed by atoms with Crippen LogP contribution >= 0.6 is 0 Å². The number of hydrogen-bond acceptors (Lipinski definition) is 3. The molecule has 0 radical (unpaired) electrons. The Labute approximate surface area is 121 Å². The van der Waals surface area contributed by atoms with Gasteiger partial charge in [0.25, 0.3) is 0 Å². The minimum Gasteiger partial charge on any atom is -0.598 e. The molecule has 0 aromatic heterocycles. The molecule has 1 N–H and O–H groups in total. The summed E-state index contributed by atoms with van der Waals surface area (Å²) < 4.78 is 47.0. The summed E-state index contributed by atoms with van der Waals surface area (Å²) >= 11 is -1.37. The predicted molar refractivity (Wildman–Crippen MR) is 74.5 cm³/mol. The van der Waals surface area contributed by atoms with Gasteiger partial charge in [0.1, 0.15) is 16.4 Å². The summed E-state index contributed by atoms with van der Waals surface area (Å²) in [6.07, 6.45) is 0.495. The molecule has 1 aliphatic heterocycles. The van der Waals surface area contributed by atoms with E-state index in [1.165, 1.54) is 0 Å². The minimum atomic E-state index is -1.37. The van der Waals surface area contributed by atoms with Crippen LogP contribution in [0.2, 0.25) is 0 Å². The molecule has 20 heavy (non-hydrogen) atoms. The molecular weight excluding hydrogens is 284 g/mol. The van der Waals surface area contributed by atoms with Crippen molar-refractivity contribution in [3.8, 4) is 0 Å². The first-order chi connectivity index (χ1) is 9.27. The fourth-order valence-electron chi connectivity index (χ4n) is 1.79. The van der Waals surface area contributed by atoms with Gasteiger partial charge in [-0.1, -0.05) is 0 Å². The number of benzene rings is 1. The van der Waals surface area contributed by atoms with Gasteiger partial charge >= 0.3 is 0 Å². The summed E-state index contributed by atoms with van der Waals surface area (Å²) in [6, 6.07) is 2.78. The molecule has 1 heterocycles. The van der Waals surface area contributed by atoms with Crippen molar-refractivity contribution in [2.24, 2.45) is 0 Å². The molecule has 0 saturated carbocycles. The molecule has 6 heteroatoms. The Morgan fingerprint density at radius 2 is 2.10 bits per heavy atom. The SMILES string of the molecule is CC(C)(C)[S@+]([O-])N[C@@H](CC1CO1)c1cc(F)ccc1F. The van der Waals surface area contributed by atoms with Crippen molar-refractivity contribution in [3.05, 3.63) is 35.4 Å². The molecule has 0 spiro atoms. The lowest BCUT2D eigenvalue weighted by atomic mass is 10.0. The first kappa shape index (κ1) is 15.7. The molecular formula is C14H19F2NO2S. The lowest BCUT2D eigenvalue weighted by molar-refractivity contribution is 0.370. The normalized spacial score (nSPS) is 21.6. The van der Waals surface area contributed by atoms with Gasteiger partial charge in [-0.25, -0.2) is 8.78 Å². The van der Waals surface area contributed by atoms with Gasteiger partial charge in [0.2, 0.25) is 0 Å². The highest BCUT2D eigenvalue weighted by Gasteiger charge is 2.35. The van der Waals surface area contributed by atoms with Crippen molar-refractivity contribution < 1.29 is 18.1 Å². The van der Waals surface area contributed by atoms with E-state index in [1.807, 2.05) is 20.8 Å². The van der Waals surface area contributed by atoms with Crippen molar-refractivity contribution in [1.29, 1.82) is 0 Å². The Balaban J connectivity index is 2.20. The van der Waals surface area contributed by atoms with Crippen LogP contribution in [0.3, 0.4) is 0 Å². The van der Waals surface area contributed by atoms with E-state index in [1.54, 1.807) is 0 Å². The molecule has 112 valence electrons. The average Bonchev–Trinajstić information content (AvgIpc) is 3.14. The van der Waals surface area contributed by atoms with E-state index < -0.39 is 33.8 Å². The maximum absolute atomic E-state index is 13.9. The quantitative estimate of drug-likeness (QED) is 0.672. The highest BCUT2D eigenvalue weighted by Crippen LogP contribution is 2.30. The largest absolute Gasteiger partial charge is 0.598 e. The maximum Gasteiger partial charge on any atom is 0.136 e. The highest BCUT2D eigenvalue weighted by molar-refractivity contribution is 7.90. The van der Waals surface area contributed by atoms with Crippen LogP contribution in [0.1, 0.15) is 38.8 Å². The smallest absolute Gasteiger partial charge is 0.136 e. The van der Waals surface area contributed by atoms with E-state index >= 15 is 0 Å². The number of rotatable bonds is 5. The third kappa shape index (κ3) is 4.15. The molecule has 2 rings (SSSR count). The molecule has 0 amide bonds. The monoisotopic (exact) mass is 303 g/mol. The summed E-state index contributed by atoms with van der Waals surface area (Å²) in [7, 11) is 0. The highest BCUT2D eigenvalue weighted by atomic mass is 32.2. The first-order valence-corrected chi connectivity index (χ1v) is 7.67. The summed E-state index contributed by atoms with van der Waals surface area (Å²) in [5.41, 5.74) is 0.193. The zero-order valence-electron chi connectivity index (χ0n) is 11.8. The van der Waals surface area contributed by atoms with Gasteiger partial charge in [0, 0.05) is 16.9 Å². The molecule has 1 aromatic carbocycles. The van der Waals surface area contributed by atoms with Crippen LogP contribution in [0.15, 0.2) is 18.2 Å². The third-order valence-corrected chi connectivity index (χ3v) is 4.65. The molecule has 1 aromatic rings. The molecule has 3 atom stereocenters. The van der Waals surface area contributed by atoms with Crippen LogP contribution in [0.25, 0.3) is 0 Å². The van der Waals surface area contributed by atoms with E-state index in [2.05, 4.69) is 4.72 Å². The number of ether oxygens (including phenoxy) is 1. The van der Waals surface area contributed by atoms with Gasteiger partial charge in [0.15, 0.2) is 0 Å². The van der Waals surface area contributed by atoms with E-state index in [4.69, 9.17) is 4.74 Å². The number of halogens is 2. The summed E-state index contributed by atoms with van der Waals surface area (Å²) in [5, 5.41) is 0. The van der Waals surface area contributed by atoms with Gasteiger partial charge in [-0.15, -0.1) is 4.72 Å². The van der Waals surface area contributed by atoms with E-state index in [0.717, 1.165) is 18.2 Å². The topological polar surface area (TPSA) is 47.6 Å². The van der Waals surface area contributed by atoms with Gasteiger partial charge in [-0.05, 0) is 45.4 Å². The fourth-order valence-corrected chi connectivity index (χ4v) is 2.63. The lowest BCUT2D eigenvalue weighted by Crippen LogP contribution is -2.41. The van der Waals surface area contributed by atoms with Gasteiger partial charge < -0.3 is 9.29 Å². The number of hydrogen-bond donors (Lipinski definition) is 1. The summed E-state index contributed by atoms with van der Waals surface area (Å²) in [5.74, 6) is -1.01. The molecule has 3 nitrogen and oxygen atoms in total. The van der Waals surface area contributed by atoms with E-state index in [-0.39, 0.29) is 11.7 Å². The molecule has 1 unspecified atom stereocenters.